The number of halogens is 1. The molecule has 0 radical (unpaired) electrons. The molecule has 0 aliphatic rings. The average Bonchev–Trinajstić information content (AvgIpc) is 2.35. The summed E-state index contributed by atoms with van der Waals surface area (Å²) in [5.74, 6) is 1.01. The van der Waals surface area contributed by atoms with Crippen LogP contribution in [0.5, 0.6) is 5.88 Å². The van der Waals surface area contributed by atoms with Crippen LogP contribution in [0.15, 0.2) is 30.6 Å². The van der Waals surface area contributed by atoms with Crippen molar-refractivity contribution in [2.24, 2.45) is 0 Å². The molecule has 18 heavy (non-hydrogen) atoms. The van der Waals surface area contributed by atoms with Crippen LogP contribution in [0.25, 0.3) is 0 Å². The topological polar surface area (TPSA) is 73.1 Å². The lowest BCUT2D eigenvalue weighted by atomic mass is 10.3. The third-order valence-electron chi connectivity index (χ3n) is 2.16. The maximum absolute atomic E-state index is 6.05. The van der Waals surface area contributed by atoms with Gasteiger partial charge in [0.05, 0.1) is 29.7 Å². The van der Waals surface area contributed by atoms with Crippen molar-refractivity contribution in [3.63, 3.8) is 0 Å². The number of nitrogens with one attached hydrogen (secondary N) is 1. The summed E-state index contributed by atoms with van der Waals surface area (Å²) in [7, 11) is 0. The Kier molecular flexibility index (Phi) is 3.84. The summed E-state index contributed by atoms with van der Waals surface area (Å²) in [5.41, 5.74) is 7.00. The van der Waals surface area contributed by atoms with Gasteiger partial charge in [-0.1, -0.05) is 11.6 Å². The van der Waals surface area contributed by atoms with Crippen LogP contribution in [0, 0.1) is 0 Å². The van der Waals surface area contributed by atoms with Crippen molar-refractivity contribution in [3.05, 3.63) is 35.6 Å². The second kappa shape index (κ2) is 5.55. The molecule has 0 spiro atoms. The Bertz CT molecular complexity index is 547. The van der Waals surface area contributed by atoms with Crippen LogP contribution in [0.1, 0.15) is 6.92 Å². The number of aromatic nitrogens is 2. The number of nitrogens with two attached hydrogens (primary N) is 1. The predicted molar refractivity (Wildman–Crippen MR) is 72.3 cm³/mol. The quantitative estimate of drug-likeness (QED) is 0.831. The van der Waals surface area contributed by atoms with Gasteiger partial charge in [-0.05, 0) is 25.1 Å². The standard InChI is InChI=1S/C12H13ClN4O/c1-2-18-12-7-15-6-11(17-12)16-10-5-8(14)3-4-9(10)13/h3-7H,2,14H2,1H3,(H,16,17). The van der Waals surface area contributed by atoms with E-state index in [2.05, 4.69) is 15.3 Å². The van der Waals surface area contributed by atoms with Gasteiger partial charge < -0.3 is 15.8 Å². The fraction of sp³-hybridized carbons (Fsp3) is 0.167. The zero-order valence-corrected chi connectivity index (χ0v) is 10.6. The van der Waals surface area contributed by atoms with E-state index < -0.39 is 0 Å². The molecule has 94 valence electrons. The van der Waals surface area contributed by atoms with E-state index in [4.69, 9.17) is 22.1 Å². The second-order valence-electron chi connectivity index (χ2n) is 3.54. The van der Waals surface area contributed by atoms with Gasteiger partial charge in [-0.15, -0.1) is 0 Å². The number of nitrogens with zero attached hydrogens (tertiary/aromatic N) is 2. The molecule has 1 heterocycles. The van der Waals surface area contributed by atoms with Crippen molar-refractivity contribution in [2.45, 2.75) is 6.92 Å². The van der Waals surface area contributed by atoms with Crippen molar-refractivity contribution in [1.29, 1.82) is 0 Å². The van der Waals surface area contributed by atoms with Crippen LogP contribution < -0.4 is 15.8 Å². The van der Waals surface area contributed by atoms with Gasteiger partial charge in [0, 0.05) is 5.69 Å². The molecule has 1 aromatic heterocycles. The molecule has 0 atom stereocenters. The second-order valence-corrected chi connectivity index (χ2v) is 3.95. The predicted octanol–water partition coefficient (Wildman–Crippen LogP) is 2.85. The molecule has 0 unspecified atom stereocenters. The summed E-state index contributed by atoms with van der Waals surface area (Å²) in [4.78, 5) is 8.26. The Labute approximate surface area is 110 Å². The molecule has 6 heteroatoms. The molecule has 0 amide bonds. The Hall–Kier alpha value is -2.01. The molecule has 0 saturated carbocycles. The number of benzene rings is 1. The van der Waals surface area contributed by atoms with Crippen molar-refractivity contribution >= 4 is 28.8 Å². The van der Waals surface area contributed by atoms with E-state index >= 15 is 0 Å². The van der Waals surface area contributed by atoms with Crippen LogP contribution in [0.2, 0.25) is 5.02 Å². The first kappa shape index (κ1) is 12.4. The van der Waals surface area contributed by atoms with E-state index in [1.165, 1.54) is 0 Å². The number of hydrogen-bond acceptors (Lipinski definition) is 5. The Morgan fingerprint density at radius 2 is 2.22 bits per heavy atom. The lowest BCUT2D eigenvalue weighted by Gasteiger charge is -2.09. The number of ether oxygens (including phenoxy) is 1. The van der Waals surface area contributed by atoms with Gasteiger partial charge in [0.2, 0.25) is 5.88 Å². The minimum atomic E-state index is 0.461. The van der Waals surface area contributed by atoms with Gasteiger partial charge in [-0.3, -0.25) is 4.98 Å². The Morgan fingerprint density at radius 1 is 1.39 bits per heavy atom. The first-order valence-corrected chi connectivity index (χ1v) is 5.83. The lowest BCUT2D eigenvalue weighted by molar-refractivity contribution is 0.326. The van der Waals surface area contributed by atoms with Crippen LogP contribution in [-0.4, -0.2) is 16.6 Å². The molecule has 0 aliphatic carbocycles. The molecule has 3 N–H and O–H groups in total. The maximum Gasteiger partial charge on any atom is 0.234 e. The minimum Gasteiger partial charge on any atom is -0.477 e. The summed E-state index contributed by atoms with van der Waals surface area (Å²) < 4.78 is 5.27. The maximum atomic E-state index is 6.05. The smallest absolute Gasteiger partial charge is 0.234 e. The van der Waals surface area contributed by atoms with Crippen LogP contribution in [-0.2, 0) is 0 Å². The fourth-order valence-corrected chi connectivity index (χ4v) is 1.57. The van der Waals surface area contributed by atoms with Crippen LogP contribution in [0.4, 0.5) is 17.2 Å². The number of nitrogen functional groups attached to an aromatic ring is 1. The first-order chi connectivity index (χ1) is 8.69. The molecular weight excluding hydrogens is 252 g/mol. The third-order valence-corrected chi connectivity index (χ3v) is 2.49. The number of rotatable bonds is 4. The largest absolute Gasteiger partial charge is 0.477 e. The fourth-order valence-electron chi connectivity index (χ4n) is 1.40. The van der Waals surface area contributed by atoms with Crippen LogP contribution >= 0.6 is 11.6 Å². The molecule has 5 nitrogen and oxygen atoms in total. The van der Waals surface area contributed by atoms with E-state index in [0.717, 1.165) is 0 Å². The number of hydrogen-bond donors (Lipinski definition) is 2. The molecule has 2 aromatic rings. The average molecular weight is 265 g/mol. The molecule has 0 saturated heterocycles. The lowest BCUT2D eigenvalue weighted by Crippen LogP contribution is -2.00. The van der Waals surface area contributed by atoms with E-state index in [1.54, 1.807) is 30.6 Å². The third kappa shape index (κ3) is 3.01. The van der Waals surface area contributed by atoms with Crippen molar-refractivity contribution < 1.29 is 4.74 Å². The number of anilines is 3. The van der Waals surface area contributed by atoms with E-state index in [0.29, 0.717) is 34.7 Å². The molecule has 0 aliphatic heterocycles. The molecular formula is C12H13ClN4O. The van der Waals surface area contributed by atoms with Gasteiger partial charge in [-0.2, -0.15) is 4.98 Å². The Balaban J connectivity index is 2.22. The van der Waals surface area contributed by atoms with Gasteiger partial charge >= 0.3 is 0 Å². The van der Waals surface area contributed by atoms with Gasteiger partial charge in [0.15, 0.2) is 5.82 Å². The van der Waals surface area contributed by atoms with Gasteiger partial charge in [0.1, 0.15) is 0 Å². The van der Waals surface area contributed by atoms with Crippen molar-refractivity contribution in [2.75, 3.05) is 17.7 Å². The molecule has 0 fully saturated rings. The summed E-state index contributed by atoms with van der Waals surface area (Å²) >= 11 is 6.05. The zero-order valence-electron chi connectivity index (χ0n) is 9.85. The zero-order chi connectivity index (χ0) is 13.0. The molecule has 0 bridgehead atoms. The van der Waals surface area contributed by atoms with Crippen molar-refractivity contribution in [1.82, 2.24) is 9.97 Å². The molecule has 1 aromatic carbocycles. The summed E-state index contributed by atoms with van der Waals surface area (Å²) in [5, 5.41) is 3.61. The highest BCUT2D eigenvalue weighted by Gasteiger charge is 2.04. The van der Waals surface area contributed by atoms with E-state index in [1.807, 2.05) is 6.92 Å². The van der Waals surface area contributed by atoms with E-state index in [-0.39, 0.29) is 0 Å². The normalized spacial score (nSPS) is 10.1. The first-order valence-electron chi connectivity index (χ1n) is 5.46. The monoisotopic (exact) mass is 264 g/mol. The van der Waals surface area contributed by atoms with E-state index in [9.17, 15) is 0 Å². The summed E-state index contributed by atoms with van der Waals surface area (Å²) in [6, 6.07) is 5.19. The highest BCUT2D eigenvalue weighted by molar-refractivity contribution is 6.33. The Morgan fingerprint density at radius 3 is 3.00 bits per heavy atom. The van der Waals surface area contributed by atoms with Crippen LogP contribution in [0.3, 0.4) is 0 Å². The summed E-state index contributed by atoms with van der Waals surface area (Å²) in [6.45, 7) is 2.42. The SMILES string of the molecule is CCOc1cncc(Nc2cc(N)ccc2Cl)n1. The van der Waals surface area contributed by atoms with Gasteiger partial charge in [0.25, 0.3) is 0 Å². The highest BCUT2D eigenvalue weighted by Crippen LogP contribution is 2.26. The van der Waals surface area contributed by atoms with Gasteiger partial charge in [-0.25, -0.2) is 0 Å². The minimum absolute atomic E-state index is 0.461. The van der Waals surface area contributed by atoms with Crippen molar-refractivity contribution in [3.8, 4) is 5.88 Å². The summed E-state index contributed by atoms with van der Waals surface area (Å²) in [6.07, 6.45) is 3.14. The highest BCUT2D eigenvalue weighted by atomic mass is 35.5. The molecule has 2 rings (SSSR count).